The summed E-state index contributed by atoms with van der Waals surface area (Å²) in [5, 5.41) is 0. The SMILES string of the molecule is COCOc1cc(C(C)(F)F)cc(C)c1I. The molecule has 0 bridgehead atoms. The largest absolute Gasteiger partial charge is 0.466 e. The van der Waals surface area contributed by atoms with E-state index in [9.17, 15) is 8.78 Å². The molecule has 0 heterocycles. The second-order valence-corrected chi connectivity index (χ2v) is 4.62. The average molecular weight is 342 g/mol. The van der Waals surface area contributed by atoms with Gasteiger partial charge in [-0.2, -0.15) is 0 Å². The zero-order valence-electron chi connectivity index (χ0n) is 9.31. The zero-order chi connectivity index (χ0) is 12.3. The maximum Gasteiger partial charge on any atom is 0.270 e. The smallest absolute Gasteiger partial charge is 0.270 e. The highest BCUT2D eigenvalue weighted by atomic mass is 127. The molecule has 0 amide bonds. The minimum atomic E-state index is -2.86. The number of benzene rings is 1. The second-order valence-electron chi connectivity index (χ2n) is 3.54. The predicted molar refractivity (Wildman–Crippen MR) is 66.0 cm³/mol. The maximum atomic E-state index is 13.2. The average Bonchev–Trinajstić information content (AvgIpc) is 2.18. The molecule has 2 nitrogen and oxygen atoms in total. The third kappa shape index (κ3) is 3.28. The molecule has 0 saturated carbocycles. The van der Waals surface area contributed by atoms with Crippen LogP contribution in [0.15, 0.2) is 12.1 Å². The van der Waals surface area contributed by atoms with E-state index < -0.39 is 5.92 Å². The van der Waals surface area contributed by atoms with Crippen LogP contribution in [0.1, 0.15) is 18.1 Å². The second kappa shape index (κ2) is 5.27. The quantitative estimate of drug-likeness (QED) is 0.614. The lowest BCUT2D eigenvalue weighted by Gasteiger charge is -2.15. The van der Waals surface area contributed by atoms with Crippen LogP contribution in [0.25, 0.3) is 0 Å². The Morgan fingerprint density at radius 3 is 2.50 bits per heavy atom. The van der Waals surface area contributed by atoms with Gasteiger partial charge in [-0.1, -0.05) is 0 Å². The molecule has 16 heavy (non-hydrogen) atoms. The number of halogens is 3. The van der Waals surface area contributed by atoms with Crippen molar-refractivity contribution in [2.45, 2.75) is 19.8 Å². The van der Waals surface area contributed by atoms with Crippen molar-refractivity contribution in [2.24, 2.45) is 0 Å². The van der Waals surface area contributed by atoms with Crippen LogP contribution in [0, 0.1) is 10.5 Å². The predicted octanol–water partition coefficient (Wildman–Crippen LogP) is 3.69. The third-order valence-corrected chi connectivity index (χ3v) is 3.44. The number of aryl methyl sites for hydroxylation is 1. The molecule has 0 N–H and O–H groups in total. The van der Waals surface area contributed by atoms with Gasteiger partial charge in [0.25, 0.3) is 5.92 Å². The molecular weight excluding hydrogens is 329 g/mol. The Morgan fingerprint density at radius 2 is 2.00 bits per heavy atom. The minimum absolute atomic E-state index is 0.0449. The summed E-state index contributed by atoms with van der Waals surface area (Å²) in [6, 6.07) is 2.83. The van der Waals surface area contributed by atoms with Gasteiger partial charge < -0.3 is 9.47 Å². The molecule has 90 valence electrons. The Kier molecular flexibility index (Phi) is 4.49. The summed E-state index contributed by atoms with van der Waals surface area (Å²) in [6.07, 6.45) is 0. The van der Waals surface area contributed by atoms with Crippen LogP contribution >= 0.6 is 22.6 Å². The number of hydrogen-bond donors (Lipinski definition) is 0. The first-order valence-corrected chi connectivity index (χ1v) is 5.74. The molecule has 0 atom stereocenters. The van der Waals surface area contributed by atoms with E-state index in [0.717, 1.165) is 16.1 Å². The minimum Gasteiger partial charge on any atom is -0.466 e. The fourth-order valence-electron chi connectivity index (χ4n) is 1.22. The van der Waals surface area contributed by atoms with Crippen LogP contribution in [0.4, 0.5) is 8.78 Å². The van der Waals surface area contributed by atoms with Gasteiger partial charge in [0, 0.05) is 19.6 Å². The molecule has 1 aromatic carbocycles. The van der Waals surface area contributed by atoms with Crippen LogP contribution in [0.2, 0.25) is 0 Å². The van der Waals surface area contributed by atoms with Gasteiger partial charge in [0.05, 0.1) is 3.57 Å². The molecule has 0 aliphatic carbocycles. The molecule has 0 aromatic heterocycles. The summed E-state index contributed by atoms with van der Waals surface area (Å²) in [7, 11) is 1.48. The van der Waals surface area contributed by atoms with Crippen molar-refractivity contribution in [3.8, 4) is 5.75 Å². The highest BCUT2D eigenvalue weighted by molar-refractivity contribution is 14.1. The normalized spacial score (nSPS) is 11.6. The summed E-state index contributed by atoms with van der Waals surface area (Å²) in [4.78, 5) is 0. The molecule has 0 radical (unpaired) electrons. The van der Waals surface area contributed by atoms with Crippen molar-refractivity contribution in [1.29, 1.82) is 0 Å². The zero-order valence-corrected chi connectivity index (χ0v) is 11.5. The van der Waals surface area contributed by atoms with Crippen LogP contribution in [-0.4, -0.2) is 13.9 Å². The lowest BCUT2D eigenvalue weighted by molar-refractivity contribution is 0.0160. The van der Waals surface area contributed by atoms with Gasteiger partial charge in [-0.25, -0.2) is 8.78 Å². The Labute approximate surface area is 107 Å². The Balaban J connectivity index is 3.12. The van der Waals surface area contributed by atoms with Crippen molar-refractivity contribution in [3.05, 3.63) is 26.8 Å². The molecule has 1 aromatic rings. The molecule has 0 spiro atoms. The van der Waals surface area contributed by atoms with Gasteiger partial charge in [0.2, 0.25) is 0 Å². The van der Waals surface area contributed by atoms with E-state index in [2.05, 4.69) is 22.6 Å². The van der Waals surface area contributed by atoms with E-state index in [1.54, 1.807) is 6.92 Å². The van der Waals surface area contributed by atoms with Crippen molar-refractivity contribution in [3.63, 3.8) is 0 Å². The van der Waals surface area contributed by atoms with E-state index in [-0.39, 0.29) is 12.4 Å². The fraction of sp³-hybridized carbons (Fsp3) is 0.455. The maximum absolute atomic E-state index is 13.2. The molecule has 0 aliphatic heterocycles. The summed E-state index contributed by atoms with van der Waals surface area (Å²) < 4.78 is 37.2. The molecule has 0 fully saturated rings. The Hall–Kier alpha value is -0.430. The Morgan fingerprint density at radius 1 is 1.38 bits per heavy atom. The molecule has 0 aliphatic rings. The summed E-state index contributed by atoms with van der Waals surface area (Å²) in [5.74, 6) is -2.43. The van der Waals surface area contributed by atoms with Gasteiger partial charge in [-0.3, -0.25) is 0 Å². The summed E-state index contributed by atoms with van der Waals surface area (Å²) in [6.45, 7) is 2.69. The van der Waals surface area contributed by atoms with Gasteiger partial charge in [-0.05, 0) is 47.2 Å². The van der Waals surface area contributed by atoms with Crippen molar-refractivity contribution in [2.75, 3.05) is 13.9 Å². The number of hydrogen-bond acceptors (Lipinski definition) is 2. The fourth-order valence-corrected chi connectivity index (χ4v) is 1.69. The Bertz CT molecular complexity index is 375. The van der Waals surface area contributed by atoms with E-state index in [0.29, 0.717) is 5.75 Å². The highest BCUT2D eigenvalue weighted by Crippen LogP contribution is 2.34. The van der Waals surface area contributed by atoms with E-state index >= 15 is 0 Å². The van der Waals surface area contributed by atoms with Crippen LogP contribution < -0.4 is 4.74 Å². The summed E-state index contributed by atoms with van der Waals surface area (Å²) >= 11 is 2.06. The number of alkyl halides is 2. The first-order valence-electron chi connectivity index (χ1n) is 4.66. The molecule has 0 unspecified atom stereocenters. The van der Waals surface area contributed by atoms with Crippen molar-refractivity contribution >= 4 is 22.6 Å². The lowest BCUT2D eigenvalue weighted by atomic mass is 10.1. The van der Waals surface area contributed by atoms with Crippen LogP contribution in [0.3, 0.4) is 0 Å². The van der Waals surface area contributed by atoms with Crippen molar-refractivity contribution in [1.82, 2.24) is 0 Å². The first kappa shape index (κ1) is 13.6. The highest BCUT2D eigenvalue weighted by Gasteiger charge is 2.26. The molecule has 0 saturated heterocycles. The van der Waals surface area contributed by atoms with Crippen molar-refractivity contribution < 1.29 is 18.3 Å². The van der Waals surface area contributed by atoms with E-state index in [4.69, 9.17) is 9.47 Å². The molecule has 1 rings (SSSR count). The number of rotatable bonds is 4. The number of ether oxygens (including phenoxy) is 2. The molecular formula is C11H13F2IO2. The summed E-state index contributed by atoms with van der Waals surface area (Å²) in [5.41, 5.74) is 0.724. The monoisotopic (exact) mass is 342 g/mol. The van der Waals surface area contributed by atoms with E-state index in [1.807, 2.05) is 0 Å². The van der Waals surface area contributed by atoms with Gasteiger partial charge in [0.1, 0.15) is 5.75 Å². The topological polar surface area (TPSA) is 18.5 Å². The van der Waals surface area contributed by atoms with E-state index in [1.165, 1.54) is 19.2 Å². The lowest BCUT2D eigenvalue weighted by Crippen LogP contribution is -2.09. The van der Waals surface area contributed by atoms with Gasteiger partial charge in [0.15, 0.2) is 6.79 Å². The standard InChI is InChI=1S/C11H13F2IO2/c1-7-4-8(11(2,12)13)5-9(10(7)14)16-6-15-3/h4-5H,6H2,1-3H3. The first-order chi connectivity index (χ1) is 7.36. The van der Waals surface area contributed by atoms with Gasteiger partial charge in [-0.15, -0.1) is 0 Å². The van der Waals surface area contributed by atoms with Crippen LogP contribution in [-0.2, 0) is 10.7 Å². The number of methoxy groups -OCH3 is 1. The van der Waals surface area contributed by atoms with Crippen LogP contribution in [0.5, 0.6) is 5.75 Å². The van der Waals surface area contributed by atoms with Gasteiger partial charge >= 0.3 is 0 Å². The molecule has 5 heteroatoms. The third-order valence-electron chi connectivity index (χ3n) is 2.06.